The van der Waals surface area contributed by atoms with Gasteiger partial charge in [-0.15, -0.1) is 11.3 Å². The Kier molecular flexibility index (Phi) is 5.80. The lowest BCUT2D eigenvalue weighted by molar-refractivity contribution is 0.0686. The molecule has 2 heterocycles. The Morgan fingerprint density at radius 2 is 1.77 bits per heavy atom. The highest BCUT2D eigenvalue weighted by atomic mass is 32.2. The van der Waals surface area contributed by atoms with Gasteiger partial charge in [0.1, 0.15) is 0 Å². The molecule has 1 amide bonds. The van der Waals surface area contributed by atoms with Crippen LogP contribution in [-0.2, 0) is 16.4 Å². The van der Waals surface area contributed by atoms with Gasteiger partial charge in [-0.2, -0.15) is 0 Å². The minimum absolute atomic E-state index is 0.0422. The Bertz CT molecular complexity index is 1150. The first-order valence-electron chi connectivity index (χ1n) is 10.1. The molecule has 0 spiro atoms. The number of carbonyl (C=O) groups excluding carboxylic acids is 1. The van der Waals surface area contributed by atoms with Gasteiger partial charge in [-0.25, -0.2) is 8.42 Å². The summed E-state index contributed by atoms with van der Waals surface area (Å²) in [5.74, 6) is 0.0992. The van der Waals surface area contributed by atoms with Crippen LogP contribution in [0, 0.1) is 13.8 Å². The van der Waals surface area contributed by atoms with Crippen LogP contribution in [0.4, 0.5) is 0 Å². The maximum atomic E-state index is 13.6. The van der Waals surface area contributed by atoms with Crippen molar-refractivity contribution in [3.05, 3.63) is 82.2 Å². The second-order valence-corrected chi connectivity index (χ2v) is 11.2. The molecule has 6 heteroatoms. The maximum absolute atomic E-state index is 13.6. The van der Waals surface area contributed by atoms with Gasteiger partial charge in [0.2, 0.25) is 0 Å². The van der Waals surface area contributed by atoms with E-state index in [2.05, 4.69) is 0 Å². The number of rotatable bonds is 5. The van der Waals surface area contributed by atoms with E-state index < -0.39 is 9.84 Å². The number of hydrogen-bond donors (Lipinski definition) is 0. The van der Waals surface area contributed by atoms with Gasteiger partial charge < -0.3 is 4.90 Å². The molecule has 2 aromatic carbocycles. The fourth-order valence-corrected chi connectivity index (χ4v) is 6.75. The second kappa shape index (κ2) is 8.36. The number of benzene rings is 2. The number of sulfone groups is 1. The average Bonchev–Trinajstić information content (AvgIpc) is 3.29. The number of thiophene rings is 1. The molecule has 0 bridgehead atoms. The monoisotopic (exact) mass is 439 g/mol. The van der Waals surface area contributed by atoms with Gasteiger partial charge in [-0.05, 0) is 43.0 Å². The van der Waals surface area contributed by atoms with Crippen LogP contribution in [0.2, 0.25) is 0 Å². The molecule has 1 saturated heterocycles. The van der Waals surface area contributed by atoms with Crippen LogP contribution in [0.25, 0.3) is 10.4 Å². The van der Waals surface area contributed by atoms with Crippen LogP contribution in [0.3, 0.4) is 0 Å². The van der Waals surface area contributed by atoms with E-state index in [1.807, 2.05) is 74.5 Å². The quantitative estimate of drug-likeness (QED) is 0.570. The van der Waals surface area contributed by atoms with E-state index in [1.165, 1.54) is 11.3 Å². The summed E-state index contributed by atoms with van der Waals surface area (Å²) in [5.41, 5.74) is 4.31. The first-order valence-corrected chi connectivity index (χ1v) is 12.7. The molecule has 156 valence electrons. The SMILES string of the molecule is Cc1ccc(CN(C(=O)c2cc(C)c(-c3ccccc3)s2)[C@H]2CCS(=O)(=O)C2)cc1. The molecule has 0 aliphatic carbocycles. The summed E-state index contributed by atoms with van der Waals surface area (Å²) in [6, 6.07) is 19.7. The standard InChI is InChI=1S/C24H25NO3S2/c1-17-8-10-19(11-9-17)15-25(21-12-13-30(27,28)16-21)24(26)22-14-18(2)23(29-22)20-6-4-3-5-7-20/h3-11,14,21H,12-13,15-16H2,1-2H3/t21-/m0/s1. The van der Waals surface area contributed by atoms with E-state index >= 15 is 0 Å². The molecule has 0 saturated carbocycles. The molecular formula is C24H25NO3S2. The summed E-state index contributed by atoms with van der Waals surface area (Å²) in [4.78, 5) is 17.0. The van der Waals surface area contributed by atoms with Crippen molar-refractivity contribution in [2.75, 3.05) is 11.5 Å². The van der Waals surface area contributed by atoms with Crippen molar-refractivity contribution in [1.82, 2.24) is 4.90 Å². The highest BCUT2D eigenvalue weighted by Crippen LogP contribution is 2.34. The number of nitrogens with zero attached hydrogens (tertiary/aromatic N) is 1. The number of hydrogen-bond acceptors (Lipinski definition) is 4. The molecule has 1 aromatic heterocycles. The number of carbonyl (C=O) groups is 1. The smallest absolute Gasteiger partial charge is 0.264 e. The van der Waals surface area contributed by atoms with E-state index in [0.717, 1.165) is 27.1 Å². The van der Waals surface area contributed by atoms with Crippen molar-refractivity contribution >= 4 is 27.1 Å². The Labute approximate surface area is 182 Å². The topological polar surface area (TPSA) is 54.5 Å². The lowest BCUT2D eigenvalue weighted by Gasteiger charge is -2.28. The van der Waals surface area contributed by atoms with Gasteiger partial charge in [-0.3, -0.25) is 4.79 Å². The van der Waals surface area contributed by atoms with Gasteiger partial charge in [0.25, 0.3) is 5.91 Å². The van der Waals surface area contributed by atoms with Gasteiger partial charge in [0, 0.05) is 17.5 Å². The normalized spacial score (nSPS) is 17.7. The lowest BCUT2D eigenvalue weighted by atomic mass is 10.1. The molecule has 3 aromatic rings. The van der Waals surface area contributed by atoms with Crippen LogP contribution in [-0.4, -0.2) is 36.8 Å². The van der Waals surface area contributed by atoms with E-state index in [4.69, 9.17) is 0 Å². The summed E-state index contributed by atoms with van der Waals surface area (Å²) < 4.78 is 24.2. The molecule has 4 rings (SSSR count). The van der Waals surface area contributed by atoms with Crippen LogP contribution in [0.15, 0.2) is 60.7 Å². The average molecular weight is 440 g/mol. The molecule has 30 heavy (non-hydrogen) atoms. The predicted octanol–water partition coefficient (Wildman–Crippen LogP) is 4.86. The fourth-order valence-electron chi connectivity index (χ4n) is 3.88. The molecule has 1 fully saturated rings. The Morgan fingerprint density at radius 1 is 1.07 bits per heavy atom. The van der Waals surface area contributed by atoms with Crippen LogP contribution < -0.4 is 0 Å². The summed E-state index contributed by atoms with van der Waals surface area (Å²) in [5, 5.41) is 0. The first kappa shape index (κ1) is 20.8. The summed E-state index contributed by atoms with van der Waals surface area (Å²) in [7, 11) is -3.09. The van der Waals surface area contributed by atoms with Crippen molar-refractivity contribution < 1.29 is 13.2 Å². The minimum Gasteiger partial charge on any atom is -0.330 e. The zero-order valence-corrected chi connectivity index (χ0v) is 18.8. The summed E-state index contributed by atoms with van der Waals surface area (Å²) in [6.45, 7) is 4.45. The fraction of sp³-hybridized carbons (Fsp3) is 0.292. The number of amides is 1. The Hall–Kier alpha value is -2.44. The lowest BCUT2D eigenvalue weighted by Crippen LogP contribution is -2.40. The molecule has 0 N–H and O–H groups in total. The van der Waals surface area contributed by atoms with E-state index in [-0.39, 0.29) is 23.5 Å². The minimum atomic E-state index is -3.09. The molecule has 4 nitrogen and oxygen atoms in total. The van der Waals surface area contributed by atoms with Gasteiger partial charge in [-0.1, -0.05) is 60.2 Å². The van der Waals surface area contributed by atoms with Crippen molar-refractivity contribution in [3.63, 3.8) is 0 Å². The number of aryl methyl sites for hydroxylation is 2. The van der Waals surface area contributed by atoms with Crippen molar-refractivity contribution in [2.45, 2.75) is 32.9 Å². The van der Waals surface area contributed by atoms with Crippen molar-refractivity contribution in [3.8, 4) is 10.4 Å². The Morgan fingerprint density at radius 3 is 2.40 bits per heavy atom. The molecule has 1 aliphatic heterocycles. The second-order valence-electron chi connectivity index (χ2n) is 7.96. The molecule has 0 radical (unpaired) electrons. The van der Waals surface area contributed by atoms with Gasteiger partial charge >= 0.3 is 0 Å². The molecular weight excluding hydrogens is 414 g/mol. The third-order valence-corrected chi connectivity index (χ3v) is 8.57. The summed E-state index contributed by atoms with van der Waals surface area (Å²) >= 11 is 1.48. The zero-order chi connectivity index (χ0) is 21.3. The van der Waals surface area contributed by atoms with Crippen LogP contribution in [0.5, 0.6) is 0 Å². The highest BCUT2D eigenvalue weighted by Gasteiger charge is 2.35. The molecule has 0 unspecified atom stereocenters. The summed E-state index contributed by atoms with van der Waals surface area (Å²) in [6.07, 6.45) is 0.496. The predicted molar refractivity (Wildman–Crippen MR) is 123 cm³/mol. The van der Waals surface area contributed by atoms with E-state index in [0.29, 0.717) is 17.8 Å². The largest absolute Gasteiger partial charge is 0.330 e. The molecule has 1 atom stereocenters. The first-order chi connectivity index (χ1) is 14.3. The third-order valence-electron chi connectivity index (χ3n) is 5.55. The van der Waals surface area contributed by atoms with Crippen molar-refractivity contribution in [1.29, 1.82) is 0 Å². The van der Waals surface area contributed by atoms with E-state index in [9.17, 15) is 13.2 Å². The third kappa shape index (κ3) is 4.50. The van der Waals surface area contributed by atoms with Gasteiger partial charge in [0.15, 0.2) is 9.84 Å². The van der Waals surface area contributed by atoms with Gasteiger partial charge in [0.05, 0.1) is 16.4 Å². The maximum Gasteiger partial charge on any atom is 0.264 e. The molecule has 1 aliphatic rings. The van der Waals surface area contributed by atoms with E-state index in [1.54, 1.807) is 4.90 Å². The zero-order valence-electron chi connectivity index (χ0n) is 17.2. The van der Waals surface area contributed by atoms with Crippen LogP contribution in [0.1, 0.15) is 32.8 Å². The van der Waals surface area contributed by atoms with Crippen LogP contribution >= 0.6 is 11.3 Å². The Balaban J connectivity index is 1.66. The van der Waals surface area contributed by atoms with Crippen molar-refractivity contribution in [2.24, 2.45) is 0 Å². The highest BCUT2D eigenvalue weighted by molar-refractivity contribution is 7.91.